The van der Waals surface area contributed by atoms with Gasteiger partial charge in [-0.15, -0.1) is 0 Å². The quantitative estimate of drug-likeness (QED) is 0.543. The zero-order valence-electron chi connectivity index (χ0n) is 18.4. The SMILES string of the molecule is CCn1c(C)nc2cc(C(=O)NNC(=O)c3ccc(S(=O)(=O)N4CCOCC4)cc3)ccc21. The van der Waals surface area contributed by atoms with Crippen LogP contribution in [0.25, 0.3) is 11.0 Å². The lowest BCUT2D eigenvalue weighted by molar-refractivity contribution is 0.0730. The Kier molecular flexibility index (Phi) is 6.45. The van der Waals surface area contributed by atoms with Gasteiger partial charge >= 0.3 is 0 Å². The van der Waals surface area contributed by atoms with Crippen molar-refractivity contribution in [3.05, 3.63) is 59.4 Å². The van der Waals surface area contributed by atoms with Gasteiger partial charge in [-0.2, -0.15) is 4.31 Å². The Morgan fingerprint density at radius 3 is 2.24 bits per heavy atom. The number of hydrazine groups is 1. The maximum Gasteiger partial charge on any atom is 0.269 e. The van der Waals surface area contributed by atoms with Crippen LogP contribution in [0.2, 0.25) is 0 Å². The molecule has 3 aromatic rings. The van der Waals surface area contributed by atoms with E-state index >= 15 is 0 Å². The average Bonchev–Trinajstić information content (AvgIpc) is 3.16. The molecule has 2 heterocycles. The van der Waals surface area contributed by atoms with Crippen molar-refractivity contribution in [3.63, 3.8) is 0 Å². The van der Waals surface area contributed by atoms with Crippen LogP contribution >= 0.6 is 0 Å². The lowest BCUT2D eigenvalue weighted by Gasteiger charge is -2.26. The van der Waals surface area contributed by atoms with E-state index in [0.717, 1.165) is 17.9 Å². The average molecular weight is 472 g/mol. The first-order valence-electron chi connectivity index (χ1n) is 10.6. The van der Waals surface area contributed by atoms with Gasteiger partial charge in [0, 0.05) is 30.8 Å². The van der Waals surface area contributed by atoms with Crippen LogP contribution in [0, 0.1) is 6.92 Å². The molecular weight excluding hydrogens is 446 g/mol. The summed E-state index contributed by atoms with van der Waals surface area (Å²) in [5.41, 5.74) is 6.94. The van der Waals surface area contributed by atoms with E-state index < -0.39 is 21.8 Å². The summed E-state index contributed by atoms with van der Waals surface area (Å²) in [6.07, 6.45) is 0. The smallest absolute Gasteiger partial charge is 0.269 e. The lowest BCUT2D eigenvalue weighted by Crippen LogP contribution is -2.41. The number of aryl methyl sites for hydroxylation is 2. The molecule has 0 aliphatic carbocycles. The fraction of sp³-hybridized carbons (Fsp3) is 0.318. The number of ether oxygens (including phenoxy) is 1. The van der Waals surface area contributed by atoms with E-state index in [1.165, 1.54) is 28.6 Å². The zero-order valence-corrected chi connectivity index (χ0v) is 19.2. The van der Waals surface area contributed by atoms with Gasteiger partial charge in [0.2, 0.25) is 10.0 Å². The number of carbonyl (C=O) groups is 2. The molecule has 4 rings (SSSR count). The van der Waals surface area contributed by atoms with Gasteiger partial charge in [0.25, 0.3) is 11.8 Å². The summed E-state index contributed by atoms with van der Waals surface area (Å²) >= 11 is 0. The van der Waals surface area contributed by atoms with Crippen LogP contribution in [0.3, 0.4) is 0 Å². The number of hydrogen-bond donors (Lipinski definition) is 2. The van der Waals surface area contributed by atoms with E-state index in [1.807, 2.05) is 24.5 Å². The van der Waals surface area contributed by atoms with Crippen LogP contribution in [0.5, 0.6) is 0 Å². The van der Waals surface area contributed by atoms with Gasteiger partial charge in [-0.3, -0.25) is 20.4 Å². The van der Waals surface area contributed by atoms with Gasteiger partial charge in [0.1, 0.15) is 5.82 Å². The highest BCUT2D eigenvalue weighted by molar-refractivity contribution is 7.89. The molecule has 174 valence electrons. The molecule has 2 N–H and O–H groups in total. The standard InChI is InChI=1S/C22H25N5O5S/c1-3-27-15(2)23-19-14-17(6-9-20(19)27)22(29)25-24-21(28)16-4-7-18(8-5-16)33(30,31)26-10-12-32-13-11-26/h4-9,14H,3,10-13H2,1-2H3,(H,24,28)(H,25,29). The first kappa shape index (κ1) is 22.9. The molecule has 0 radical (unpaired) electrons. The molecule has 0 unspecified atom stereocenters. The van der Waals surface area contributed by atoms with Crippen molar-refractivity contribution in [1.29, 1.82) is 0 Å². The number of fused-ring (bicyclic) bond motifs is 1. The molecule has 1 aromatic heterocycles. The number of nitrogens with one attached hydrogen (secondary N) is 2. The van der Waals surface area contributed by atoms with Crippen LogP contribution in [-0.2, 0) is 21.3 Å². The summed E-state index contributed by atoms with van der Waals surface area (Å²) in [6, 6.07) is 10.7. The van der Waals surface area contributed by atoms with Crippen molar-refractivity contribution in [2.45, 2.75) is 25.3 Å². The number of benzene rings is 2. The minimum Gasteiger partial charge on any atom is -0.379 e. The monoisotopic (exact) mass is 471 g/mol. The van der Waals surface area contributed by atoms with Gasteiger partial charge in [0.15, 0.2) is 0 Å². The van der Waals surface area contributed by atoms with Gasteiger partial charge in [-0.05, 0) is 56.3 Å². The maximum atomic E-state index is 12.7. The van der Waals surface area contributed by atoms with Crippen LogP contribution in [0.1, 0.15) is 33.5 Å². The number of aromatic nitrogens is 2. The first-order valence-corrected chi connectivity index (χ1v) is 12.0. The summed E-state index contributed by atoms with van der Waals surface area (Å²) < 4.78 is 34.0. The second-order valence-electron chi connectivity index (χ2n) is 7.56. The van der Waals surface area contributed by atoms with Crippen LogP contribution in [0.4, 0.5) is 0 Å². The number of hydrogen-bond acceptors (Lipinski definition) is 6. The second kappa shape index (κ2) is 9.30. The minimum atomic E-state index is -3.64. The van der Waals surface area contributed by atoms with Crippen molar-refractivity contribution in [3.8, 4) is 0 Å². The van der Waals surface area contributed by atoms with Crippen molar-refractivity contribution in [1.82, 2.24) is 24.7 Å². The number of morpholine rings is 1. The fourth-order valence-corrected chi connectivity index (χ4v) is 5.17. The largest absolute Gasteiger partial charge is 0.379 e. The number of amides is 2. The Morgan fingerprint density at radius 2 is 1.61 bits per heavy atom. The number of nitrogens with zero attached hydrogens (tertiary/aromatic N) is 3. The Hall–Kier alpha value is -3.28. The van der Waals surface area contributed by atoms with E-state index in [0.29, 0.717) is 37.4 Å². The van der Waals surface area contributed by atoms with Crippen molar-refractivity contribution >= 4 is 32.9 Å². The van der Waals surface area contributed by atoms with Crippen molar-refractivity contribution in [2.75, 3.05) is 26.3 Å². The van der Waals surface area contributed by atoms with Crippen LogP contribution < -0.4 is 10.9 Å². The van der Waals surface area contributed by atoms with Gasteiger partial charge in [0.05, 0.1) is 29.1 Å². The first-order chi connectivity index (χ1) is 15.8. The molecule has 11 heteroatoms. The highest BCUT2D eigenvalue weighted by Gasteiger charge is 2.26. The zero-order chi connectivity index (χ0) is 23.6. The number of sulfonamides is 1. The highest BCUT2D eigenvalue weighted by atomic mass is 32.2. The van der Waals surface area contributed by atoms with Crippen molar-refractivity contribution < 1.29 is 22.7 Å². The molecule has 10 nitrogen and oxygen atoms in total. The topological polar surface area (TPSA) is 123 Å². The number of carbonyl (C=O) groups excluding carboxylic acids is 2. The summed E-state index contributed by atoms with van der Waals surface area (Å²) in [6.45, 7) is 5.99. The third-order valence-corrected chi connectivity index (χ3v) is 7.44. The molecule has 0 spiro atoms. The molecule has 2 aromatic carbocycles. The van der Waals surface area contributed by atoms with E-state index in [1.54, 1.807) is 12.1 Å². The van der Waals surface area contributed by atoms with E-state index in [-0.39, 0.29) is 10.5 Å². The molecule has 1 fully saturated rings. The maximum absolute atomic E-state index is 12.7. The Balaban J connectivity index is 1.40. The highest BCUT2D eigenvalue weighted by Crippen LogP contribution is 2.19. The van der Waals surface area contributed by atoms with E-state index in [9.17, 15) is 18.0 Å². The molecular formula is C22H25N5O5S. The normalized spacial score (nSPS) is 14.8. The molecule has 1 saturated heterocycles. The summed E-state index contributed by atoms with van der Waals surface area (Å²) in [5.74, 6) is -0.191. The Morgan fingerprint density at radius 1 is 1.00 bits per heavy atom. The van der Waals surface area contributed by atoms with Crippen molar-refractivity contribution in [2.24, 2.45) is 0 Å². The summed E-state index contributed by atoms with van der Waals surface area (Å²) in [4.78, 5) is 29.5. The predicted octanol–water partition coefficient (Wildman–Crippen LogP) is 1.46. The van der Waals surface area contributed by atoms with E-state index in [2.05, 4.69) is 15.8 Å². The predicted molar refractivity (Wildman–Crippen MR) is 121 cm³/mol. The third-order valence-electron chi connectivity index (χ3n) is 5.53. The molecule has 1 aliphatic rings. The van der Waals surface area contributed by atoms with Crippen LogP contribution in [-0.4, -0.2) is 60.4 Å². The Bertz CT molecular complexity index is 1290. The molecule has 0 atom stereocenters. The van der Waals surface area contributed by atoms with Gasteiger partial charge in [-0.1, -0.05) is 0 Å². The number of imidazole rings is 1. The van der Waals surface area contributed by atoms with Gasteiger partial charge in [-0.25, -0.2) is 13.4 Å². The second-order valence-corrected chi connectivity index (χ2v) is 9.49. The molecule has 0 bridgehead atoms. The fourth-order valence-electron chi connectivity index (χ4n) is 3.76. The molecule has 1 aliphatic heterocycles. The third kappa shape index (κ3) is 4.61. The summed E-state index contributed by atoms with van der Waals surface area (Å²) in [5, 5.41) is 0. The molecule has 2 amide bonds. The summed E-state index contributed by atoms with van der Waals surface area (Å²) in [7, 11) is -3.64. The lowest BCUT2D eigenvalue weighted by atomic mass is 10.2. The Labute approximate surface area is 191 Å². The number of rotatable bonds is 5. The van der Waals surface area contributed by atoms with E-state index in [4.69, 9.17) is 4.74 Å². The van der Waals surface area contributed by atoms with Gasteiger partial charge < -0.3 is 9.30 Å². The molecule has 0 saturated carbocycles. The minimum absolute atomic E-state index is 0.0973. The van der Waals surface area contributed by atoms with Crippen LogP contribution in [0.15, 0.2) is 47.4 Å². The molecule has 33 heavy (non-hydrogen) atoms.